The minimum Gasteiger partial charge on any atom is -0.374 e. The van der Waals surface area contributed by atoms with Gasteiger partial charge in [0, 0.05) is 43.7 Å². The van der Waals surface area contributed by atoms with Gasteiger partial charge in [-0.1, -0.05) is 36.4 Å². The Bertz CT molecular complexity index is 917. The van der Waals surface area contributed by atoms with Crippen LogP contribution >= 0.6 is 0 Å². The topological polar surface area (TPSA) is 33.2 Å². The number of ketones is 1. The third kappa shape index (κ3) is 3.38. The number of rotatable bonds is 5. The summed E-state index contributed by atoms with van der Waals surface area (Å²) < 4.78 is 0. The second-order valence-electron chi connectivity index (χ2n) is 6.88. The van der Waals surface area contributed by atoms with Gasteiger partial charge in [-0.05, 0) is 53.3 Å². The number of nitrogens with zero attached hydrogens (tertiary/aromatic N) is 2. The Morgan fingerprint density at radius 2 is 1.88 bits per heavy atom. The number of carbonyl (C=O) groups is 1. The van der Waals surface area contributed by atoms with Crippen molar-refractivity contribution in [3.8, 4) is 11.1 Å². The van der Waals surface area contributed by atoms with Crippen LogP contribution in [0.5, 0.6) is 0 Å². The molecule has 0 fully saturated rings. The van der Waals surface area contributed by atoms with Crippen molar-refractivity contribution in [3.05, 3.63) is 83.7 Å². The molecule has 0 radical (unpaired) electrons. The highest BCUT2D eigenvalue weighted by Crippen LogP contribution is 2.31. The third-order valence-corrected chi connectivity index (χ3v) is 5.11. The van der Waals surface area contributed by atoms with E-state index in [1.165, 1.54) is 16.8 Å². The van der Waals surface area contributed by atoms with Gasteiger partial charge in [-0.25, -0.2) is 0 Å². The van der Waals surface area contributed by atoms with Crippen molar-refractivity contribution in [1.82, 2.24) is 4.98 Å². The molecule has 0 atom stereocenters. The van der Waals surface area contributed by atoms with E-state index in [1.807, 2.05) is 30.5 Å². The Morgan fingerprint density at radius 3 is 2.65 bits per heavy atom. The van der Waals surface area contributed by atoms with E-state index in [4.69, 9.17) is 0 Å². The number of carbonyl (C=O) groups excluding carboxylic acids is 1. The monoisotopic (exact) mass is 342 g/mol. The smallest absolute Gasteiger partial charge is 0.163 e. The van der Waals surface area contributed by atoms with Crippen LogP contribution in [0.3, 0.4) is 0 Å². The van der Waals surface area contributed by atoms with E-state index in [9.17, 15) is 4.79 Å². The largest absolute Gasteiger partial charge is 0.374 e. The number of hydrogen-bond acceptors (Lipinski definition) is 3. The molecule has 0 amide bonds. The Labute approximate surface area is 154 Å². The van der Waals surface area contributed by atoms with Gasteiger partial charge in [0.25, 0.3) is 0 Å². The van der Waals surface area contributed by atoms with Crippen LogP contribution < -0.4 is 4.90 Å². The van der Waals surface area contributed by atoms with E-state index in [-0.39, 0.29) is 5.78 Å². The SMILES string of the molecule is CN1CCc2cc(-c3ccc(C(=O)CCc4cccnc4)cc3)ccc21. The lowest BCUT2D eigenvalue weighted by Crippen LogP contribution is -2.12. The molecule has 3 heteroatoms. The van der Waals surface area contributed by atoms with Gasteiger partial charge in [-0.15, -0.1) is 0 Å². The molecule has 26 heavy (non-hydrogen) atoms. The van der Waals surface area contributed by atoms with Gasteiger partial charge in [0.05, 0.1) is 0 Å². The van der Waals surface area contributed by atoms with Crippen LogP contribution in [0.25, 0.3) is 11.1 Å². The molecule has 2 heterocycles. The Hall–Kier alpha value is -2.94. The van der Waals surface area contributed by atoms with Crippen molar-refractivity contribution in [1.29, 1.82) is 0 Å². The second-order valence-corrected chi connectivity index (χ2v) is 6.88. The van der Waals surface area contributed by atoms with E-state index in [0.717, 1.165) is 36.1 Å². The van der Waals surface area contributed by atoms with Crippen LogP contribution in [0, 0.1) is 0 Å². The Kier molecular flexibility index (Phi) is 4.53. The molecule has 0 N–H and O–H groups in total. The molecule has 0 saturated carbocycles. The normalized spacial score (nSPS) is 12.9. The molecule has 0 bridgehead atoms. The number of hydrogen-bond donors (Lipinski definition) is 0. The van der Waals surface area contributed by atoms with Crippen molar-refractivity contribution < 1.29 is 4.79 Å². The number of pyridine rings is 1. The number of likely N-dealkylation sites (N-methyl/N-ethyl adjacent to an activating group) is 1. The molecule has 130 valence electrons. The predicted octanol–water partition coefficient (Wildman–Crippen LogP) is 4.56. The standard InChI is InChI=1S/C23H22N2O/c1-25-14-12-21-15-20(9-10-22(21)25)18-5-7-19(8-6-18)23(26)11-4-17-3-2-13-24-16-17/h2-3,5-10,13,15-16H,4,11-12,14H2,1H3. The van der Waals surface area contributed by atoms with Gasteiger partial charge in [-0.2, -0.15) is 0 Å². The summed E-state index contributed by atoms with van der Waals surface area (Å²) in [5, 5.41) is 0. The Morgan fingerprint density at radius 1 is 1.08 bits per heavy atom. The van der Waals surface area contributed by atoms with Crippen molar-refractivity contribution in [2.24, 2.45) is 0 Å². The first-order valence-electron chi connectivity index (χ1n) is 9.07. The fourth-order valence-corrected chi connectivity index (χ4v) is 3.54. The van der Waals surface area contributed by atoms with Crippen LogP contribution in [0.4, 0.5) is 5.69 Å². The van der Waals surface area contributed by atoms with E-state index in [0.29, 0.717) is 6.42 Å². The summed E-state index contributed by atoms with van der Waals surface area (Å²) in [5.74, 6) is 0.177. The average molecular weight is 342 g/mol. The molecule has 0 spiro atoms. The number of anilines is 1. The minimum atomic E-state index is 0.177. The third-order valence-electron chi connectivity index (χ3n) is 5.11. The quantitative estimate of drug-likeness (QED) is 0.638. The summed E-state index contributed by atoms with van der Waals surface area (Å²) in [5.41, 5.74) is 6.98. The zero-order chi connectivity index (χ0) is 17.9. The number of fused-ring (bicyclic) bond motifs is 1. The minimum absolute atomic E-state index is 0.177. The molecule has 0 saturated heterocycles. The van der Waals surface area contributed by atoms with Gasteiger partial charge in [0.2, 0.25) is 0 Å². The van der Waals surface area contributed by atoms with Crippen molar-refractivity contribution >= 4 is 11.5 Å². The van der Waals surface area contributed by atoms with Crippen molar-refractivity contribution in [2.75, 3.05) is 18.5 Å². The maximum atomic E-state index is 12.4. The molecule has 1 aliphatic rings. The zero-order valence-corrected chi connectivity index (χ0v) is 15.0. The van der Waals surface area contributed by atoms with Crippen LogP contribution in [-0.2, 0) is 12.8 Å². The maximum Gasteiger partial charge on any atom is 0.163 e. The highest BCUT2D eigenvalue weighted by atomic mass is 16.1. The van der Waals surface area contributed by atoms with Gasteiger partial charge in [0.1, 0.15) is 0 Å². The molecule has 0 unspecified atom stereocenters. The first-order chi connectivity index (χ1) is 12.7. The van der Waals surface area contributed by atoms with Gasteiger partial charge < -0.3 is 4.90 Å². The lowest BCUT2D eigenvalue weighted by molar-refractivity contribution is 0.0983. The molecule has 0 aliphatic carbocycles. The van der Waals surface area contributed by atoms with E-state index >= 15 is 0 Å². The van der Waals surface area contributed by atoms with Crippen LogP contribution in [0.1, 0.15) is 27.9 Å². The molecular weight excluding hydrogens is 320 g/mol. The lowest BCUT2D eigenvalue weighted by Gasteiger charge is -2.12. The van der Waals surface area contributed by atoms with E-state index in [1.54, 1.807) is 6.20 Å². The number of aryl methyl sites for hydroxylation is 1. The number of Topliss-reactive ketones (excluding diaryl/α,β-unsaturated/α-hetero) is 1. The summed E-state index contributed by atoms with van der Waals surface area (Å²) in [6, 6.07) is 18.6. The average Bonchev–Trinajstić information content (AvgIpc) is 3.07. The summed E-state index contributed by atoms with van der Waals surface area (Å²) in [7, 11) is 2.14. The highest BCUT2D eigenvalue weighted by molar-refractivity contribution is 5.96. The number of aromatic nitrogens is 1. The van der Waals surface area contributed by atoms with Gasteiger partial charge in [0.15, 0.2) is 5.78 Å². The summed E-state index contributed by atoms with van der Waals surface area (Å²) in [4.78, 5) is 18.8. The summed E-state index contributed by atoms with van der Waals surface area (Å²) >= 11 is 0. The summed E-state index contributed by atoms with van der Waals surface area (Å²) in [6.07, 6.45) is 5.91. The zero-order valence-electron chi connectivity index (χ0n) is 15.0. The van der Waals surface area contributed by atoms with Crippen LogP contribution in [0.2, 0.25) is 0 Å². The highest BCUT2D eigenvalue weighted by Gasteiger charge is 2.16. The molecule has 4 rings (SSSR count). The predicted molar refractivity (Wildman–Crippen MR) is 106 cm³/mol. The first kappa shape index (κ1) is 16.5. The van der Waals surface area contributed by atoms with E-state index in [2.05, 4.69) is 47.3 Å². The fraction of sp³-hybridized carbons (Fsp3) is 0.217. The van der Waals surface area contributed by atoms with Gasteiger partial charge in [-0.3, -0.25) is 9.78 Å². The van der Waals surface area contributed by atoms with Crippen molar-refractivity contribution in [3.63, 3.8) is 0 Å². The second kappa shape index (κ2) is 7.12. The van der Waals surface area contributed by atoms with E-state index < -0.39 is 0 Å². The molecule has 2 aromatic carbocycles. The summed E-state index contributed by atoms with van der Waals surface area (Å²) in [6.45, 7) is 1.09. The molecule has 3 aromatic rings. The number of benzene rings is 2. The fourth-order valence-electron chi connectivity index (χ4n) is 3.54. The molecule has 1 aliphatic heterocycles. The van der Waals surface area contributed by atoms with Crippen LogP contribution in [-0.4, -0.2) is 24.4 Å². The van der Waals surface area contributed by atoms with Crippen LogP contribution in [0.15, 0.2) is 67.0 Å². The first-order valence-corrected chi connectivity index (χ1v) is 9.07. The Balaban J connectivity index is 1.46. The molecule has 1 aromatic heterocycles. The molecular formula is C23H22N2O. The lowest BCUT2D eigenvalue weighted by atomic mass is 9.98. The molecule has 3 nitrogen and oxygen atoms in total. The van der Waals surface area contributed by atoms with Gasteiger partial charge >= 0.3 is 0 Å². The van der Waals surface area contributed by atoms with Crippen molar-refractivity contribution in [2.45, 2.75) is 19.3 Å². The maximum absolute atomic E-state index is 12.4.